The molecule has 0 radical (unpaired) electrons. The van der Waals surface area contributed by atoms with Gasteiger partial charge < -0.3 is 14.5 Å². The fourth-order valence-electron chi connectivity index (χ4n) is 3.87. The fourth-order valence-corrected chi connectivity index (χ4v) is 4.05. The molecular weight excluding hydrogens is 362 g/mol. The van der Waals surface area contributed by atoms with E-state index >= 15 is 0 Å². The van der Waals surface area contributed by atoms with Crippen molar-refractivity contribution in [2.24, 2.45) is 0 Å². The zero-order chi connectivity index (χ0) is 18.4. The SMILES string of the molecule is O=C(c1cc2cc(Cl)ccc2[nH]1)N1CCC(n2cnc3cccnc32)CC1. The molecule has 1 fully saturated rings. The smallest absolute Gasteiger partial charge is 0.270 e. The molecule has 136 valence electrons. The molecule has 7 heteroatoms. The van der Waals surface area contributed by atoms with Crippen molar-refractivity contribution in [1.82, 2.24) is 24.4 Å². The molecule has 0 spiro atoms. The molecule has 1 N–H and O–H groups in total. The topological polar surface area (TPSA) is 66.8 Å². The highest BCUT2D eigenvalue weighted by atomic mass is 35.5. The average Bonchev–Trinajstić information content (AvgIpc) is 3.31. The van der Waals surface area contributed by atoms with E-state index in [2.05, 4.69) is 19.5 Å². The van der Waals surface area contributed by atoms with Crippen LogP contribution in [-0.4, -0.2) is 43.4 Å². The monoisotopic (exact) mass is 379 g/mol. The van der Waals surface area contributed by atoms with Crippen molar-refractivity contribution in [3.8, 4) is 0 Å². The van der Waals surface area contributed by atoms with E-state index in [1.807, 2.05) is 47.6 Å². The highest BCUT2D eigenvalue weighted by molar-refractivity contribution is 6.31. The van der Waals surface area contributed by atoms with E-state index in [-0.39, 0.29) is 5.91 Å². The molecule has 1 aliphatic rings. The van der Waals surface area contributed by atoms with Crippen molar-refractivity contribution in [3.05, 3.63) is 59.6 Å². The number of aromatic nitrogens is 4. The van der Waals surface area contributed by atoms with Crippen molar-refractivity contribution in [2.75, 3.05) is 13.1 Å². The van der Waals surface area contributed by atoms with E-state index in [0.29, 0.717) is 29.8 Å². The van der Waals surface area contributed by atoms with E-state index in [1.165, 1.54) is 0 Å². The molecular formula is C20H18ClN5O. The summed E-state index contributed by atoms with van der Waals surface area (Å²) in [5, 5.41) is 1.62. The maximum atomic E-state index is 12.9. The largest absolute Gasteiger partial charge is 0.351 e. The minimum absolute atomic E-state index is 0.0365. The van der Waals surface area contributed by atoms with Gasteiger partial charge >= 0.3 is 0 Å². The Hall–Kier alpha value is -2.86. The summed E-state index contributed by atoms with van der Waals surface area (Å²) in [5.41, 5.74) is 3.36. The predicted molar refractivity (Wildman–Crippen MR) is 105 cm³/mol. The number of carbonyl (C=O) groups is 1. The minimum atomic E-state index is 0.0365. The quantitative estimate of drug-likeness (QED) is 0.571. The number of nitrogens with one attached hydrogen (secondary N) is 1. The van der Waals surface area contributed by atoms with Crippen LogP contribution in [0.25, 0.3) is 22.1 Å². The fraction of sp³-hybridized carbons (Fsp3) is 0.250. The molecule has 0 bridgehead atoms. The Balaban J connectivity index is 1.32. The number of piperidine rings is 1. The molecule has 27 heavy (non-hydrogen) atoms. The molecule has 3 aromatic heterocycles. The zero-order valence-corrected chi connectivity index (χ0v) is 15.4. The Morgan fingerprint density at radius 3 is 2.85 bits per heavy atom. The third kappa shape index (κ3) is 2.86. The lowest BCUT2D eigenvalue weighted by Crippen LogP contribution is -2.39. The predicted octanol–water partition coefficient (Wildman–Crippen LogP) is 4.04. The standard InChI is InChI=1S/C20H18ClN5O/c21-14-3-4-16-13(10-14)11-18(24-16)20(27)25-8-5-15(6-9-25)26-12-23-17-2-1-7-22-19(17)26/h1-4,7,10-12,15,24H,5-6,8-9H2. The minimum Gasteiger partial charge on any atom is -0.351 e. The van der Waals surface area contributed by atoms with Gasteiger partial charge in [-0.05, 0) is 49.2 Å². The molecule has 1 aliphatic heterocycles. The summed E-state index contributed by atoms with van der Waals surface area (Å²) in [6, 6.07) is 11.7. The van der Waals surface area contributed by atoms with Crippen molar-refractivity contribution in [3.63, 3.8) is 0 Å². The van der Waals surface area contributed by atoms with Gasteiger partial charge in [0, 0.05) is 41.3 Å². The van der Waals surface area contributed by atoms with Crippen LogP contribution in [0.3, 0.4) is 0 Å². The van der Waals surface area contributed by atoms with Crippen LogP contribution in [0.1, 0.15) is 29.4 Å². The van der Waals surface area contributed by atoms with Crippen LogP contribution in [0, 0.1) is 0 Å². The summed E-state index contributed by atoms with van der Waals surface area (Å²) in [5.74, 6) is 0.0365. The number of likely N-dealkylation sites (tertiary alicyclic amines) is 1. The number of rotatable bonds is 2. The number of H-pyrrole nitrogens is 1. The summed E-state index contributed by atoms with van der Waals surface area (Å²) in [7, 11) is 0. The lowest BCUT2D eigenvalue weighted by atomic mass is 10.0. The number of aromatic amines is 1. The summed E-state index contributed by atoms with van der Waals surface area (Å²) in [4.78, 5) is 26.9. The molecule has 0 unspecified atom stereocenters. The number of pyridine rings is 1. The summed E-state index contributed by atoms with van der Waals surface area (Å²) in [6.07, 6.45) is 5.43. The first-order chi connectivity index (χ1) is 13.2. The summed E-state index contributed by atoms with van der Waals surface area (Å²) in [6.45, 7) is 1.43. The van der Waals surface area contributed by atoms with Gasteiger partial charge in [0.05, 0.1) is 6.33 Å². The normalized spacial score (nSPS) is 15.7. The number of carbonyl (C=O) groups excluding carboxylic acids is 1. The molecule has 0 saturated carbocycles. The molecule has 4 aromatic rings. The Morgan fingerprint density at radius 2 is 2.00 bits per heavy atom. The Bertz CT molecular complexity index is 1140. The lowest BCUT2D eigenvalue weighted by molar-refractivity contribution is 0.0691. The maximum absolute atomic E-state index is 12.9. The van der Waals surface area contributed by atoms with Crippen molar-refractivity contribution < 1.29 is 4.79 Å². The Morgan fingerprint density at radius 1 is 1.15 bits per heavy atom. The van der Waals surface area contributed by atoms with Crippen LogP contribution in [0.15, 0.2) is 48.9 Å². The average molecular weight is 380 g/mol. The van der Waals surface area contributed by atoms with E-state index in [1.54, 1.807) is 6.20 Å². The number of hydrogen-bond acceptors (Lipinski definition) is 3. The van der Waals surface area contributed by atoms with E-state index in [0.717, 1.165) is 34.9 Å². The maximum Gasteiger partial charge on any atom is 0.270 e. The van der Waals surface area contributed by atoms with E-state index < -0.39 is 0 Å². The van der Waals surface area contributed by atoms with Gasteiger partial charge in [-0.15, -0.1) is 0 Å². The summed E-state index contributed by atoms with van der Waals surface area (Å²) >= 11 is 6.04. The van der Waals surface area contributed by atoms with Crippen LogP contribution < -0.4 is 0 Å². The molecule has 6 nitrogen and oxygen atoms in total. The first-order valence-electron chi connectivity index (χ1n) is 9.04. The molecule has 1 amide bonds. The second-order valence-electron chi connectivity index (χ2n) is 6.94. The lowest BCUT2D eigenvalue weighted by Gasteiger charge is -2.32. The first-order valence-corrected chi connectivity index (χ1v) is 9.42. The zero-order valence-electron chi connectivity index (χ0n) is 14.6. The van der Waals surface area contributed by atoms with Gasteiger partial charge in [-0.2, -0.15) is 0 Å². The Kier molecular flexibility index (Phi) is 3.86. The van der Waals surface area contributed by atoms with Crippen molar-refractivity contribution in [1.29, 1.82) is 0 Å². The Labute approximate surface area is 160 Å². The summed E-state index contributed by atoms with van der Waals surface area (Å²) < 4.78 is 2.14. The highest BCUT2D eigenvalue weighted by Crippen LogP contribution is 2.27. The number of nitrogens with zero attached hydrogens (tertiary/aromatic N) is 4. The van der Waals surface area contributed by atoms with Crippen LogP contribution in [0.2, 0.25) is 5.02 Å². The van der Waals surface area contributed by atoms with Crippen molar-refractivity contribution in [2.45, 2.75) is 18.9 Å². The van der Waals surface area contributed by atoms with E-state index in [4.69, 9.17) is 11.6 Å². The second-order valence-corrected chi connectivity index (χ2v) is 7.37. The molecule has 0 aliphatic carbocycles. The van der Waals surface area contributed by atoms with Crippen LogP contribution in [0.4, 0.5) is 0 Å². The highest BCUT2D eigenvalue weighted by Gasteiger charge is 2.26. The van der Waals surface area contributed by atoms with Crippen molar-refractivity contribution >= 4 is 39.6 Å². The second kappa shape index (κ2) is 6.39. The van der Waals surface area contributed by atoms with Gasteiger partial charge in [-0.3, -0.25) is 4.79 Å². The van der Waals surface area contributed by atoms with Gasteiger partial charge in [-0.25, -0.2) is 9.97 Å². The molecule has 4 heterocycles. The van der Waals surface area contributed by atoms with Crippen LogP contribution >= 0.6 is 11.6 Å². The van der Waals surface area contributed by atoms with Gasteiger partial charge in [0.25, 0.3) is 5.91 Å². The van der Waals surface area contributed by atoms with E-state index in [9.17, 15) is 4.79 Å². The van der Waals surface area contributed by atoms with Gasteiger partial charge in [0.15, 0.2) is 5.65 Å². The van der Waals surface area contributed by atoms with Gasteiger partial charge in [0.1, 0.15) is 11.2 Å². The van der Waals surface area contributed by atoms with Gasteiger partial charge in [0.2, 0.25) is 0 Å². The third-order valence-electron chi connectivity index (χ3n) is 5.29. The molecule has 5 rings (SSSR count). The van der Waals surface area contributed by atoms with Gasteiger partial charge in [-0.1, -0.05) is 11.6 Å². The number of hydrogen-bond donors (Lipinski definition) is 1. The number of imidazole rings is 1. The number of benzene rings is 1. The van der Waals surface area contributed by atoms with Crippen LogP contribution in [-0.2, 0) is 0 Å². The number of fused-ring (bicyclic) bond motifs is 2. The van der Waals surface area contributed by atoms with Crippen LogP contribution in [0.5, 0.6) is 0 Å². The number of halogens is 1. The third-order valence-corrected chi connectivity index (χ3v) is 5.53. The number of amides is 1. The molecule has 0 atom stereocenters. The molecule has 1 saturated heterocycles. The first kappa shape index (κ1) is 16.3. The molecule has 1 aromatic carbocycles.